The topological polar surface area (TPSA) is 43.4 Å². The average molecular weight is 283 g/mol. The van der Waals surface area contributed by atoms with Gasteiger partial charge in [0.1, 0.15) is 11.5 Å². The fourth-order valence-corrected chi connectivity index (χ4v) is 2.24. The van der Waals surface area contributed by atoms with Crippen LogP contribution in [0.2, 0.25) is 0 Å². The largest absolute Gasteiger partial charge is 0.457 e. The van der Waals surface area contributed by atoms with Crippen LogP contribution >= 0.6 is 10.7 Å². The van der Waals surface area contributed by atoms with E-state index in [1.54, 1.807) is 12.1 Å². The second-order valence-electron chi connectivity index (χ2n) is 3.78. The van der Waals surface area contributed by atoms with Crippen LogP contribution in [0.1, 0.15) is 5.56 Å². The third-order valence-electron chi connectivity index (χ3n) is 2.43. The molecule has 0 aromatic heterocycles. The van der Waals surface area contributed by atoms with E-state index < -0.39 is 9.05 Å². The van der Waals surface area contributed by atoms with E-state index in [4.69, 9.17) is 15.4 Å². The Morgan fingerprint density at radius 1 is 1.00 bits per heavy atom. The van der Waals surface area contributed by atoms with Gasteiger partial charge in [0.05, 0.1) is 4.90 Å². The van der Waals surface area contributed by atoms with Gasteiger partial charge in [-0.15, -0.1) is 0 Å². The second-order valence-corrected chi connectivity index (χ2v) is 6.34. The number of hydrogen-bond donors (Lipinski definition) is 0. The highest BCUT2D eigenvalue weighted by atomic mass is 35.7. The minimum Gasteiger partial charge on any atom is -0.457 e. The molecule has 0 unspecified atom stereocenters. The van der Waals surface area contributed by atoms with Gasteiger partial charge in [0.15, 0.2) is 0 Å². The molecule has 0 saturated carbocycles. The Kier molecular flexibility index (Phi) is 3.59. The van der Waals surface area contributed by atoms with Crippen LogP contribution < -0.4 is 4.74 Å². The maximum atomic E-state index is 11.1. The van der Waals surface area contributed by atoms with Crippen molar-refractivity contribution in [2.75, 3.05) is 0 Å². The summed E-state index contributed by atoms with van der Waals surface area (Å²) < 4.78 is 27.8. The van der Waals surface area contributed by atoms with Crippen molar-refractivity contribution in [3.8, 4) is 11.5 Å². The minimum absolute atomic E-state index is 0.0568. The Labute approximate surface area is 110 Å². The van der Waals surface area contributed by atoms with Gasteiger partial charge in [0.25, 0.3) is 9.05 Å². The van der Waals surface area contributed by atoms with E-state index in [0.29, 0.717) is 5.75 Å². The van der Waals surface area contributed by atoms with Crippen LogP contribution in [0, 0.1) is 6.92 Å². The molecule has 2 aromatic rings. The number of hydrogen-bond acceptors (Lipinski definition) is 3. The van der Waals surface area contributed by atoms with Crippen LogP contribution in [0.25, 0.3) is 0 Å². The Morgan fingerprint density at radius 3 is 2.17 bits per heavy atom. The lowest BCUT2D eigenvalue weighted by Gasteiger charge is -2.08. The summed E-state index contributed by atoms with van der Waals surface area (Å²) in [6, 6.07) is 13.6. The Bertz CT molecular complexity index is 648. The minimum atomic E-state index is -3.68. The van der Waals surface area contributed by atoms with Crippen LogP contribution in [-0.2, 0) is 9.05 Å². The van der Waals surface area contributed by atoms with Crippen molar-refractivity contribution in [1.29, 1.82) is 0 Å². The molecule has 0 atom stereocenters. The van der Waals surface area contributed by atoms with Crippen LogP contribution in [0.15, 0.2) is 53.4 Å². The summed E-state index contributed by atoms with van der Waals surface area (Å²) in [5.74, 6) is 1.30. The van der Waals surface area contributed by atoms with Gasteiger partial charge in [-0.1, -0.05) is 18.2 Å². The van der Waals surface area contributed by atoms with Crippen molar-refractivity contribution < 1.29 is 13.2 Å². The number of para-hydroxylation sites is 1. The van der Waals surface area contributed by atoms with Gasteiger partial charge < -0.3 is 4.74 Å². The third kappa shape index (κ3) is 3.03. The van der Waals surface area contributed by atoms with Gasteiger partial charge in [0.2, 0.25) is 0 Å². The summed E-state index contributed by atoms with van der Waals surface area (Å²) in [7, 11) is 1.54. The molecule has 2 rings (SSSR count). The first-order valence-corrected chi connectivity index (χ1v) is 7.56. The Balaban J connectivity index is 2.24. The van der Waals surface area contributed by atoms with E-state index in [9.17, 15) is 8.42 Å². The van der Waals surface area contributed by atoms with Crippen LogP contribution in [0.5, 0.6) is 11.5 Å². The zero-order valence-electron chi connectivity index (χ0n) is 9.63. The van der Waals surface area contributed by atoms with Crippen LogP contribution in [0.4, 0.5) is 0 Å². The van der Waals surface area contributed by atoms with Crippen molar-refractivity contribution in [1.82, 2.24) is 0 Å². The molecule has 18 heavy (non-hydrogen) atoms. The summed E-state index contributed by atoms with van der Waals surface area (Å²) in [4.78, 5) is 0.0568. The van der Waals surface area contributed by atoms with E-state index in [2.05, 4.69) is 0 Å². The Hall–Kier alpha value is -1.52. The zero-order valence-corrected chi connectivity index (χ0v) is 11.2. The molecule has 0 heterocycles. The van der Waals surface area contributed by atoms with E-state index in [1.165, 1.54) is 12.1 Å². The molecule has 0 amide bonds. The third-order valence-corrected chi connectivity index (χ3v) is 3.80. The van der Waals surface area contributed by atoms with Gasteiger partial charge in [-0.25, -0.2) is 8.42 Å². The quantitative estimate of drug-likeness (QED) is 0.806. The monoisotopic (exact) mass is 282 g/mol. The standard InChI is InChI=1S/C13H11ClO3S/c1-10-4-2-3-5-13(10)17-11-6-8-12(9-7-11)18(14,15)16/h2-9H,1H3. The average Bonchev–Trinajstić information content (AvgIpc) is 2.32. The highest BCUT2D eigenvalue weighted by Gasteiger charge is 2.09. The number of rotatable bonds is 3. The zero-order chi connectivity index (χ0) is 13.2. The van der Waals surface area contributed by atoms with Crippen LogP contribution in [0.3, 0.4) is 0 Å². The molecule has 0 saturated heterocycles. The van der Waals surface area contributed by atoms with E-state index in [1.807, 2.05) is 31.2 Å². The maximum Gasteiger partial charge on any atom is 0.261 e. The van der Waals surface area contributed by atoms with Crippen LogP contribution in [-0.4, -0.2) is 8.42 Å². The van der Waals surface area contributed by atoms with Gasteiger partial charge in [-0.05, 0) is 42.8 Å². The highest BCUT2D eigenvalue weighted by molar-refractivity contribution is 8.13. The number of aryl methyl sites for hydroxylation is 1. The molecule has 0 aliphatic heterocycles. The lowest BCUT2D eigenvalue weighted by atomic mass is 10.2. The van der Waals surface area contributed by atoms with Gasteiger partial charge >= 0.3 is 0 Å². The summed E-state index contributed by atoms with van der Waals surface area (Å²) in [6.45, 7) is 1.94. The lowest BCUT2D eigenvalue weighted by molar-refractivity contribution is 0.478. The lowest BCUT2D eigenvalue weighted by Crippen LogP contribution is -1.91. The summed E-state index contributed by atoms with van der Waals surface area (Å²) >= 11 is 0. The first-order valence-electron chi connectivity index (χ1n) is 5.25. The summed E-state index contributed by atoms with van der Waals surface area (Å²) in [5, 5.41) is 0. The van der Waals surface area contributed by atoms with E-state index in [0.717, 1.165) is 11.3 Å². The maximum absolute atomic E-state index is 11.1. The van der Waals surface area contributed by atoms with Gasteiger partial charge in [-0.2, -0.15) is 0 Å². The van der Waals surface area contributed by atoms with Crippen molar-refractivity contribution in [2.24, 2.45) is 0 Å². The fourth-order valence-electron chi connectivity index (χ4n) is 1.47. The van der Waals surface area contributed by atoms with Gasteiger partial charge in [-0.3, -0.25) is 0 Å². The fraction of sp³-hybridized carbons (Fsp3) is 0.0769. The molecule has 5 heteroatoms. The number of benzene rings is 2. The predicted molar refractivity (Wildman–Crippen MR) is 70.7 cm³/mol. The molecule has 94 valence electrons. The molecule has 0 aliphatic carbocycles. The SMILES string of the molecule is Cc1ccccc1Oc1ccc(S(=O)(=O)Cl)cc1. The number of halogens is 1. The number of ether oxygens (including phenoxy) is 1. The van der Waals surface area contributed by atoms with E-state index >= 15 is 0 Å². The molecular formula is C13H11ClO3S. The second kappa shape index (κ2) is 5.00. The summed E-state index contributed by atoms with van der Waals surface area (Å²) in [5.41, 5.74) is 1.01. The molecule has 0 bridgehead atoms. The molecule has 0 N–H and O–H groups in total. The molecule has 0 aliphatic rings. The molecule has 3 nitrogen and oxygen atoms in total. The Morgan fingerprint density at radius 2 is 1.61 bits per heavy atom. The first kappa shape index (κ1) is 12.9. The normalized spacial score (nSPS) is 11.2. The van der Waals surface area contributed by atoms with Crippen molar-refractivity contribution >= 4 is 19.7 Å². The van der Waals surface area contributed by atoms with Crippen molar-refractivity contribution in [3.63, 3.8) is 0 Å². The van der Waals surface area contributed by atoms with E-state index in [-0.39, 0.29) is 4.90 Å². The summed E-state index contributed by atoms with van der Waals surface area (Å²) in [6.07, 6.45) is 0. The molecule has 0 spiro atoms. The molecule has 0 radical (unpaired) electrons. The van der Waals surface area contributed by atoms with Crippen molar-refractivity contribution in [2.45, 2.75) is 11.8 Å². The van der Waals surface area contributed by atoms with Gasteiger partial charge in [0, 0.05) is 10.7 Å². The first-order chi connectivity index (χ1) is 8.47. The highest BCUT2D eigenvalue weighted by Crippen LogP contribution is 2.26. The molecule has 2 aromatic carbocycles. The predicted octanol–water partition coefficient (Wildman–Crippen LogP) is 3.71. The smallest absolute Gasteiger partial charge is 0.261 e. The molecular weight excluding hydrogens is 272 g/mol. The molecule has 0 fully saturated rings. The van der Waals surface area contributed by atoms with Crippen molar-refractivity contribution in [3.05, 3.63) is 54.1 Å².